The van der Waals surface area contributed by atoms with Crippen LogP contribution in [0.3, 0.4) is 0 Å². The maximum Gasteiger partial charge on any atom is 0.237 e. The molecule has 2 aromatic rings. The van der Waals surface area contributed by atoms with E-state index in [0.717, 1.165) is 5.56 Å². The largest absolute Gasteiger partial charge is 0.353 e. The van der Waals surface area contributed by atoms with Gasteiger partial charge in [-0.2, -0.15) is 0 Å². The Morgan fingerprint density at radius 1 is 1.00 bits per heavy atom. The second kappa shape index (κ2) is 11.9. The predicted octanol–water partition coefficient (Wildman–Crippen LogP) is 2.82. The van der Waals surface area contributed by atoms with Crippen molar-refractivity contribution < 1.29 is 4.79 Å². The first kappa shape index (κ1) is 23.4. The molecule has 0 heterocycles. The molecule has 0 aliphatic heterocycles. The number of carbonyl (C=O) groups excluding carboxylic acids is 1. The molecule has 0 aliphatic rings. The first-order valence-electron chi connectivity index (χ1n) is 7.86. The number of hydrogen-bond donors (Lipinski definition) is 2. The van der Waals surface area contributed by atoms with E-state index in [1.165, 1.54) is 5.56 Å². The minimum Gasteiger partial charge on any atom is -0.353 e. The molecule has 1 unspecified atom stereocenters. The zero-order chi connectivity index (χ0) is 16.7. The van der Waals surface area contributed by atoms with Crippen molar-refractivity contribution in [3.8, 4) is 0 Å². The number of rotatable bonds is 7. The van der Waals surface area contributed by atoms with E-state index in [4.69, 9.17) is 5.73 Å². The normalized spacial score (nSPS) is 12.5. The highest BCUT2D eigenvalue weighted by Gasteiger charge is 2.18. The maximum absolute atomic E-state index is 12.3. The molecule has 2 rings (SSSR count). The minimum atomic E-state index is -0.531. The molecule has 138 valence electrons. The van der Waals surface area contributed by atoms with Crippen molar-refractivity contribution in [3.05, 3.63) is 71.8 Å². The Kier molecular flexibility index (Phi) is 11.1. The Labute approximate surface area is 162 Å². The summed E-state index contributed by atoms with van der Waals surface area (Å²) >= 11 is 0. The lowest BCUT2D eigenvalue weighted by Gasteiger charge is -2.25. The van der Waals surface area contributed by atoms with Crippen LogP contribution in [0.4, 0.5) is 0 Å². The van der Waals surface area contributed by atoms with E-state index < -0.39 is 6.04 Å². The molecule has 6 heteroatoms. The molecule has 0 aromatic heterocycles. The van der Waals surface area contributed by atoms with Crippen molar-refractivity contribution in [1.29, 1.82) is 0 Å². The van der Waals surface area contributed by atoms with Crippen molar-refractivity contribution in [2.45, 2.75) is 18.5 Å². The van der Waals surface area contributed by atoms with Gasteiger partial charge in [0.1, 0.15) is 0 Å². The van der Waals surface area contributed by atoms with E-state index in [1.807, 2.05) is 62.6 Å². The van der Waals surface area contributed by atoms with Crippen LogP contribution < -0.4 is 11.1 Å². The topological polar surface area (TPSA) is 58.4 Å². The van der Waals surface area contributed by atoms with Crippen LogP contribution in [0.2, 0.25) is 0 Å². The number of nitrogens with zero attached hydrogens (tertiary/aromatic N) is 1. The highest BCUT2D eigenvalue weighted by Crippen LogP contribution is 2.16. The van der Waals surface area contributed by atoms with E-state index >= 15 is 0 Å². The number of nitrogens with two attached hydrogens (primary N) is 1. The Morgan fingerprint density at radius 3 is 2.04 bits per heavy atom. The number of likely N-dealkylation sites (N-methyl/N-ethyl adjacent to an activating group) is 1. The lowest BCUT2D eigenvalue weighted by molar-refractivity contribution is -0.122. The first-order valence-corrected chi connectivity index (χ1v) is 7.86. The third kappa shape index (κ3) is 7.45. The molecule has 0 saturated carbocycles. The fraction of sp³-hybridized carbons (Fsp3) is 0.316. The van der Waals surface area contributed by atoms with Gasteiger partial charge in [-0.05, 0) is 31.6 Å². The molecular formula is C19H27Cl2N3O. The minimum absolute atomic E-state index is 0. The van der Waals surface area contributed by atoms with Crippen LogP contribution in [0, 0.1) is 0 Å². The number of hydrogen-bond acceptors (Lipinski definition) is 3. The zero-order valence-corrected chi connectivity index (χ0v) is 16.2. The zero-order valence-electron chi connectivity index (χ0n) is 14.6. The summed E-state index contributed by atoms with van der Waals surface area (Å²) in [5, 5.41) is 2.98. The number of amides is 1. The predicted molar refractivity (Wildman–Crippen MR) is 108 cm³/mol. The van der Waals surface area contributed by atoms with Gasteiger partial charge in [0.15, 0.2) is 0 Å². The van der Waals surface area contributed by atoms with Crippen LogP contribution >= 0.6 is 24.8 Å². The quantitative estimate of drug-likeness (QED) is 0.772. The SMILES string of the molecule is CN(C)C(CNC(=O)[C@@H](N)Cc1ccccc1)c1ccccc1.Cl.Cl. The summed E-state index contributed by atoms with van der Waals surface area (Å²) in [5.74, 6) is -0.114. The van der Waals surface area contributed by atoms with Crippen LogP contribution in [-0.2, 0) is 11.2 Å². The smallest absolute Gasteiger partial charge is 0.237 e. The molecule has 25 heavy (non-hydrogen) atoms. The fourth-order valence-electron chi connectivity index (χ4n) is 2.56. The Balaban J connectivity index is 0.00000288. The van der Waals surface area contributed by atoms with E-state index in [2.05, 4.69) is 22.3 Å². The summed E-state index contributed by atoms with van der Waals surface area (Å²) in [5.41, 5.74) is 8.27. The fourth-order valence-corrected chi connectivity index (χ4v) is 2.56. The van der Waals surface area contributed by atoms with Gasteiger partial charge in [-0.15, -0.1) is 24.8 Å². The Bertz CT molecular complexity index is 609. The number of nitrogens with one attached hydrogen (secondary N) is 1. The average Bonchev–Trinajstić information content (AvgIpc) is 2.56. The van der Waals surface area contributed by atoms with Crippen molar-refractivity contribution in [2.24, 2.45) is 5.73 Å². The van der Waals surface area contributed by atoms with Gasteiger partial charge in [-0.25, -0.2) is 0 Å². The molecule has 0 spiro atoms. The standard InChI is InChI=1S/C19H25N3O.2ClH/c1-22(2)18(16-11-7-4-8-12-16)14-21-19(23)17(20)13-15-9-5-3-6-10-15;;/h3-12,17-18H,13-14,20H2,1-2H3,(H,21,23);2*1H/t17-,18?;;/m0../s1. The van der Waals surface area contributed by atoms with Crippen LogP contribution in [-0.4, -0.2) is 37.5 Å². The van der Waals surface area contributed by atoms with E-state index in [0.29, 0.717) is 13.0 Å². The lowest BCUT2D eigenvalue weighted by Crippen LogP contribution is -2.44. The van der Waals surface area contributed by atoms with Gasteiger partial charge in [0, 0.05) is 6.54 Å². The van der Waals surface area contributed by atoms with Crippen LogP contribution in [0.15, 0.2) is 60.7 Å². The van der Waals surface area contributed by atoms with Gasteiger partial charge in [-0.1, -0.05) is 60.7 Å². The Hall–Kier alpha value is -1.59. The molecule has 0 radical (unpaired) electrons. The van der Waals surface area contributed by atoms with Gasteiger partial charge in [0.25, 0.3) is 0 Å². The highest BCUT2D eigenvalue weighted by molar-refractivity contribution is 5.85. The average molecular weight is 384 g/mol. The summed E-state index contributed by atoms with van der Waals surface area (Å²) < 4.78 is 0. The second-order valence-electron chi connectivity index (χ2n) is 5.93. The third-order valence-electron chi connectivity index (χ3n) is 3.91. The molecule has 0 saturated heterocycles. The highest BCUT2D eigenvalue weighted by atomic mass is 35.5. The lowest BCUT2D eigenvalue weighted by atomic mass is 10.0. The van der Waals surface area contributed by atoms with Gasteiger partial charge in [-0.3, -0.25) is 4.79 Å². The van der Waals surface area contributed by atoms with Crippen molar-refractivity contribution in [1.82, 2.24) is 10.2 Å². The third-order valence-corrected chi connectivity index (χ3v) is 3.91. The number of halogens is 2. The second-order valence-corrected chi connectivity index (χ2v) is 5.93. The molecule has 3 N–H and O–H groups in total. The summed E-state index contributed by atoms with van der Waals surface area (Å²) in [4.78, 5) is 14.3. The first-order chi connectivity index (χ1) is 11.1. The van der Waals surface area contributed by atoms with Gasteiger partial charge >= 0.3 is 0 Å². The maximum atomic E-state index is 12.3. The molecular weight excluding hydrogens is 357 g/mol. The van der Waals surface area contributed by atoms with Crippen molar-refractivity contribution in [2.75, 3.05) is 20.6 Å². The summed E-state index contributed by atoms with van der Waals surface area (Å²) in [7, 11) is 4.02. The van der Waals surface area contributed by atoms with Crippen molar-refractivity contribution in [3.63, 3.8) is 0 Å². The van der Waals surface area contributed by atoms with Crippen LogP contribution in [0.5, 0.6) is 0 Å². The number of benzene rings is 2. The molecule has 2 atom stereocenters. The monoisotopic (exact) mass is 383 g/mol. The van der Waals surface area contributed by atoms with E-state index in [9.17, 15) is 4.79 Å². The molecule has 2 aromatic carbocycles. The molecule has 0 fully saturated rings. The van der Waals surface area contributed by atoms with E-state index in [-0.39, 0.29) is 36.8 Å². The molecule has 0 aliphatic carbocycles. The summed E-state index contributed by atoms with van der Waals surface area (Å²) in [6.07, 6.45) is 0.546. The number of carbonyl (C=O) groups is 1. The molecule has 0 bridgehead atoms. The van der Waals surface area contributed by atoms with Crippen LogP contribution in [0.25, 0.3) is 0 Å². The Morgan fingerprint density at radius 2 is 1.52 bits per heavy atom. The van der Waals surface area contributed by atoms with E-state index in [1.54, 1.807) is 0 Å². The summed E-state index contributed by atoms with van der Waals surface area (Å²) in [6.45, 7) is 0.540. The van der Waals surface area contributed by atoms with Crippen molar-refractivity contribution >= 4 is 30.7 Å². The molecule has 4 nitrogen and oxygen atoms in total. The van der Waals surface area contributed by atoms with Gasteiger partial charge in [0.05, 0.1) is 12.1 Å². The summed E-state index contributed by atoms with van der Waals surface area (Å²) in [6, 6.07) is 19.6. The van der Waals surface area contributed by atoms with Gasteiger partial charge in [0.2, 0.25) is 5.91 Å². The molecule has 1 amide bonds. The van der Waals surface area contributed by atoms with Gasteiger partial charge < -0.3 is 16.0 Å². The van der Waals surface area contributed by atoms with Crippen LogP contribution in [0.1, 0.15) is 17.2 Å².